The molecule has 0 atom stereocenters. The Bertz CT molecular complexity index is 590. The molecule has 1 heterocycles. The van der Waals surface area contributed by atoms with Crippen LogP contribution in [0.5, 0.6) is 0 Å². The zero-order valence-electron chi connectivity index (χ0n) is 7.73. The smallest absolute Gasteiger partial charge is 0.213 e. The van der Waals surface area contributed by atoms with Gasteiger partial charge in [-0.1, -0.05) is 11.3 Å². The molecule has 80 valence electrons. The molecule has 0 aliphatic heterocycles. The van der Waals surface area contributed by atoms with Gasteiger partial charge in [0.05, 0.1) is 15.1 Å². The lowest BCUT2D eigenvalue weighted by Gasteiger charge is -1.95. The average molecular weight is 253 g/mol. The summed E-state index contributed by atoms with van der Waals surface area (Å²) in [5.74, 6) is -0.484. The van der Waals surface area contributed by atoms with Gasteiger partial charge < -0.3 is 5.32 Å². The molecule has 0 fully saturated rings. The summed E-state index contributed by atoms with van der Waals surface area (Å²) in [5.41, 5.74) is 0.467. The fraction of sp³-hybridized carbons (Fsp3) is 0. The minimum atomic E-state index is -0.484. The molecule has 0 bridgehead atoms. The molecule has 7 heteroatoms. The van der Waals surface area contributed by atoms with Crippen molar-refractivity contribution >= 4 is 44.9 Å². The Hall–Kier alpha value is -1.65. The summed E-state index contributed by atoms with van der Waals surface area (Å²) >= 11 is 1.99. The SMILES string of the molecule is N#CSc1cc2sc(NC=O)nc2cc1F. The zero-order chi connectivity index (χ0) is 11.5. The number of thiazole rings is 1. The third-order valence-electron chi connectivity index (χ3n) is 1.78. The van der Waals surface area contributed by atoms with Crippen LogP contribution in [0.4, 0.5) is 9.52 Å². The number of benzene rings is 1. The van der Waals surface area contributed by atoms with Crippen molar-refractivity contribution in [3.8, 4) is 5.40 Å². The lowest BCUT2D eigenvalue weighted by molar-refractivity contribution is -0.105. The van der Waals surface area contributed by atoms with Crippen LogP contribution in [0, 0.1) is 16.5 Å². The second kappa shape index (κ2) is 4.47. The third-order valence-corrected chi connectivity index (χ3v) is 3.35. The molecule has 0 aliphatic rings. The van der Waals surface area contributed by atoms with Gasteiger partial charge in [0.25, 0.3) is 0 Å². The monoisotopic (exact) mass is 253 g/mol. The number of carbonyl (C=O) groups is 1. The summed E-state index contributed by atoms with van der Waals surface area (Å²) in [6.07, 6.45) is 0.513. The molecule has 1 N–H and O–H groups in total. The average Bonchev–Trinajstić information content (AvgIpc) is 2.61. The van der Waals surface area contributed by atoms with E-state index >= 15 is 0 Å². The van der Waals surface area contributed by atoms with Crippen LogP contribution >= 0.6 is 23.1 Å². The molecule has 2 rings (SSSR count). The van der Waals surface area contributed by atoms with Crippen LogP contribution in [-0.4, -0.2) is 11.4 Å². The molecule has 0 saturated heterocycles. The highest BCUT2D eigenvalue weighted by Crippen LogP contribution is 2.31. The van der Waals surface area contributed by atoms with Gasteiger partial charge in [0, 0.05) is 6.07 Å². The molecule has 1 aromatic carbocycles. The Kier molecular flexibility index (Phi) is 3.03. The van der Waals surface area contributed by atoms with E-state index in [4.69, 9.17) is 5.26 Å². The fourth-order valence-corrected chi connectivity index (χ4v) is 2.52. The number of rotatable bonds is 3. The second-order valence-electron chi connectivity index (χ2n) is 2.72. The van der Waals surface area contributed by atoms with Gasteiger partial charge in [-0.2, -0.15) is 5.26 Å². The molecule has 0 unspecified atom stereocenters. The second-order valence-corrected chi connectivity index (χ2v) is 4.58. The molecule has 0 spiro atoms. The van der Waals surface area contributed by atoms with E-state index in [2.05, 4.69) is 10.3 Å². The molecular weight excluding hydrogens is 249 g/mol. The first kappa shape index (κ1) is 10.9. The van der Waals surface area contributed by atoms with Crippen molar-refractivity contribution in [1.29, 1.82) is 5.26 Å². The van der Waals surface area contributed by atoms with Crippen LogP contribution in [0.25, 0.3) is 10.2 Å². The fourth-order valence-electron chi connectivity index (χ4n) is 1.17. The molecule has 1 aromatic heterocycles. The summed E-state index contributed by atoms with van der Waals surface area (Å²) in [7, 11) is 0. The van der Waals surface area contributed by atoms with E-state index in [1.54, 1.807) is 6.07 Å². The van der Waals surface area contributed by atoms with Crippen molar-refractivity contribution in [2.75, 3.05) is 5.32 Å². The summed E-state index contributed by atoms with van der Waals surface area (Å²) < 4.78 is 14.1. The first-order chi connectivity index (χ1) is 7.74. The van der Waals surface area contributed by atoms with Crippen molar-refractivity contribution in [1.82, 2.24) is 4.98 Å². The van der Waals surface area contributed by atoms with Crippen LogP contribution in [0.15, 0.2) is 17.0 Å². The third kappa shape index (κ3) is 1.98. The summed E-state index contributed by atoms with van der Waals surface area (Å²) in [5, 5.41) is 13.1. The highest BCUT2D eigenvalue weighted by Gasteiger charge is 2.09. The molecule has 16 heavy (non-hydrogen) atoms. The summed E-state index contributed by atoms with van der Waals surface area (Å²) in [6, 6.07) is 2.80. The van der Waals surface area contributed by atoms with Crippen molar-refractivity contribution in [3.63, 3.8) is 0 Å². The quantitative estimate of drug-likeness (QED) is 0.518. The molecule has 4 nitrogen and oxygen atoms in total. The number of thiocyanates is 1. The van der Waals surface area contributed by atoms with Crippen LogP contribution in [0.3, 0.4) is 0 Å². The Morgan fingerprint density at radius 3 is 3.12 bits per heavy atom. The first-order valence-electron chi connectivity index (χ1n) is 4.11. The normalized spacial score (nSPS) is 10.0. The molecular formula is C9H4FN3OS2. The van der Waals surface area contributed by atoms with E-state index < -0.39 is 5.82 Å². The lowest BCUT2D eigenvalue weighted by atomic mass is 10.3. The summed E-state index contributed by atoms with van der Waals surface area (Å²) in [6.45, 7) is 0. The van der Waals surface area contributed by atoms with Gasteiger partial charge in [0.15, 0.2) is 5.13 Å². The number of amides is 1. The number of thioether (sulfide) groups is 1. The number of carbonyl (C=O) groups excluding carboxylic acids is 1. The van der Waals surface area contributed by atoms with Crippen molar-refractivity contribution < 1.29 is 9.18 Å². The van der Waals surface area contributed by atoms with Gasteiger partial charge >= 0.3 is 0 Å². The Morgan fingerprint density at radius 2 is 2.44 bits per heavy atom. The molecule has 2 aromatic rings. The highest BCUT2D eigenvalue weighted by molar-refractivity contribution is 8.03. The van der Waals surface area contributed by atoms with Gasteiger partial charge in [-0.25, -0.2) is 9.37 Å². The summed E-state index contributed by atoms with van der Waals surface area (Å²) in [4.78, 5) is 14.5. The van der Waals surface area contributed by atoms with Gasteiger partial charge in [0.2, 0.25) is 6.41 Å². The van der Waals surface area contributed by atoms with Gasteiger partial charge in [-0.3, -0.25) is 4.79 Å². The number of hydrogen-bond acceptors (Lipinski definition) is 5. The molecule has 0 aliphatic carbocycles. The van der Waals surface area contributed by atoms with E-state index in [1.165, 1.54) is 17.4 Å². The number of halogens is 1. The lowest BCUT2D eigenvalue weighted by Crippen LogP contribution is -1.91. The Balaban J connectivity index is 2.52. The Labute approximate surface area is 98.1 Å². The van der Waals surface area contributed by atoms with E-state index in [0.29, 0.717) is 17.1 Å². The van der Waals surface area contributed by atoms with E-state index in [0.717, 1.165) is 16.5 Å². The number of fused-ring (bicyclic) bond motifs is 1. The minimum Gasteiger partial charge on any atom is -0.305 e. The van der Waals surface area contributed by atoms with Crippen LogP contribution in [-0.2, 0) is 4.79 Å². The molecule has 0 radical (unpaired) electrons. The number of nitrogens with one attached hydrogen (secondary N) is 1. The van der Waals surface area contributed by atoms with Crippen molar-refractivity contribution in [2.24, 2.45) is 0 Å². The Morgan fingerprint density at radius 1 is 1.62 bits per heavy atom. The number of anilines is 1. The molecule has 1 amide bonds. The largest absolute Gasteiger partial charge is 0.305 e. The maximum Gasteiger partial charge on any atom is 0.213 e. The number of hydrogen-bond donors (Lipinski definition) is 1. The zero-order valence-corrected chi connectivity index (χ0v) is 9.36. The van der Waals surface area contributed by atoms with E-state index in [1.807, 2.05) is 5.40 Å². The maximum absolute atomic E-state index is 13.4. The van der Waals surface area contributed by atoms with Crippen molar-refractivity contribution in [3.05, 3.63) is 17.9 Å². The van der Waals surface area contributed by atoms with Crippen LogP contribution in [0.2, 0.25) is 0 Å². The van der Waals surface area contributed by atoms with E-state index in [9.17, 15) is 9.18 Å². The highest BCUT2D eigenvalue weighted by atomic mass is 32.2. The predicted octanol–water partition coefficient (Wildman–Crippen LogP) is 2.58. The van der Waals surface area contributed by atoms with Gasteiger partial charge in [0.1, 0.15) is 11.2 Å². The van der Waals surface area contributed by atoms with E-state index in [-0.39, 0.29) is 4.90 Å². The topological polar surface area (TPSA) is 65.8 Å². The van der Waals surface area contributed by atoms with Crippen LogP contribution < -0.4 is 5.32 Å². The predicted molar refractivity (Wildman–Crippen MR) is 60.7 cm³/mol. The van der Waals surface area contributed by atoms with Gasteiger partial charge in [-0.05, 0) is 17.8 Å². The molecule has 0 saturated carbocycles. The standard InChI is InChI=1S/C9H4FN3OS2/c10-5-1-6-8(2-7(5)15-3-11)16-9(13-6)12-4-14/h1-2,4H,(H,12,13,14). The first-order valence-corrected chi connectivity index (χ1v) is 5.74. The maximum atomic E-state index is 13.4. The number of nitriles is 1. The van der Waals surface area contributed by atoms with Gasteiger partial charge in [-0.15, -0.1) is 0 Å². The van der Waals surface area contributed by atoms with Crippen molar-refractivity contribution in [2.45, 2.75) is 4.90 Å². The van der Waals surface area contributed by atoms with Crippen LogP contribution in [0.1, 0.15) is 0 Å². The number of aromatic nitrogens is 1. The number of nitrogens with zero attached hydrogens (tertiary/aromatic N) is 2. The minimum absolute atomic E-state index is 0.260.